The highest BCUT2D eigenvalue weighted by molar-refractivity contribution is 5.77. The number of fused-ring (bicyclic) bond motifs is 1. The number of nitrogens with zero attached hydrogens (tertiary/aromatic N) is 2. The molecule has 0 saturated carbocycles. The van der Waals surface area contributed by atoms with Gasteiger partial charge in [-0.1, -0.05) is 61.5 Å². The minimum Gasteiger partial charge on any atom is -0.335 e. The van der Waals surface area contributed by atoms with E-state index < -0.39 is 0 Å². The molecule has 1 heterocycles. The third-order valence-electron chi connectivity index (χ3n) is 3.88. The number of allylic oxidation sites excluding steroid dienone is 1. The summed E-state index contributed by atoms with van der Waals surface area (Å²) in [5.74, 6) is 6.61. The van der Waals surface area contributed by atoms with E-state index in [2.05, 4.69) is 17.1 Å². The van der Waals surface area contributed by atoms with Crippen molar-refractivity contribution in [1.82, 2.24) is 9.66 Å². The van der Waals surface area contributed by atoms with Crippen molar-refractivity contribution in [2.45, 2.75) is 19.3 Å². The molecule has 0 spiro atoms. The third kappa shape index (κ3) is 3.16. The lowest BCUT2D eigenvalue weighted by Crippen LogP contribution is -2.32. The number of rotatable bonds is 4. The van der Waals surface area contributed by atoms with E-state index in [1.807, 2.05) is 55.5 Å². The Bertz CT molecular complexity index is 897. The minimum atomic E-state index is -0.204. The number of hydrogen-bond donors (Lipinski definition) is 1. The molecule has 1 atom stereocenters. The Hall–Kier alpha value is -2.88. The van der Waals surface area contributed by atoms with E-state index in [0.29, 0.717) is 16.7 Å². The summed E-state index contributed by atoms with van der Waals surface area (Å²) in [6.07, 6.45) is 4.91. The van der Waals surface area contributed by atoms with Gasteiger partial charge in [0.1, 0.15) is 5.82 Å². The zero-order valence-corrected chi connectivity index (χ0v) is 13.0. The molecule has 3 aromatic rings. The monoisotopic (exact) mass is 305 g/mol. The van der Waals surface area contributed by atoms with Crippen molar-refractivity contribution in [2.24, 2.45) is 0 Å². The van der Waals surface area contributed by atoms with Crippen molar-refractivity contribution >= 4 is 17.0 Å². The van der Waals surface area contributed by atoms with Gasteiger partial charge < -0.3 is 5.84 Å². The second-order valence-electron chi connectivity index (χ2n) is 5.61. The largest absolute Gasteiger partial charge is 0.335 e. The fraction of sp³-hybridized carbons (Fsp3) is 0.158. The van der Waals surface area contributed by atoms with Crippen LogP contribution in [0.3, 0.4) is 0 Å². The van der Waals surface area contributed by atoms with Gasteiger partial charge in [-0.3, -0.25) is 4.79 Å². The van der Waals surface area contributed by atoms with Crippen LogP contribution in [0.15, 0.2) is 65.5 Å². The zero-order chi connectivity index (χ0) is 16.2. The molecule has 0 bridgehead atoms. The molecule has 23 heavy (non-hydrogen) atoms. The molecule has 0 saturated heterocycles. The van der Waals surface area contributed by atoms with Gasteiger partial charge in [0, 0.05) is 5.92 Å². The van der Waals surface area contributed by atoms with Crippen LogP contribution in [-0.2, 0) is 0 Å². The highest BCUT2D eigenvalue weighted by Crippen LogP contribution is 2.18. The van der Waals surface area contributed by atoms with Crippen molar-refractivity contribution in [3.8, 4) is 0 Å². The summed E-state index contributed by atoms with van der Waals surface area (Å²) in [4.78, 5) is 16.9. The normalized spacial score (nSPS) is 12.7. The standard InChI is InChI=1S/C19H19N3O/c1-14(8-7-11-15-9-3-2-4-10-15)18-21-17-13-6-5-12-16(17)19(23)22(18)20/h2-7,9-14H,8,20H2,1H3. The molecule has 0 aliphatic rings. The van der Waals surface area contributed by atoms with Gasteiger partial charge in [-0.05, 0) is 24.1 Å². The van der Waals surface area contributed by atoms with E-state index in [1.54, 1.807) is 6.07 Å². The van der Waals surface area contributed by atoms with Gasteiger partial charge in [0.25, 0.3) is 5.56 Å². The van der Waals surface area contributed by atoms with Gasteiger partial charge >= 0.3 is 0 Å². The van der Waals surface area contributed by atoms with Gasteiger partial charge in [-0.15, -0.1) is 0 Å². The summed E-state index contributed by atoms with van der Waals surface area (Å²) in [5.41, 5.74) is 1.63. The molecule has 4 nitrogen and oxygen atoms in total. The lowest BCUT2D eigenvalue weighted by atomic mass is 10.1. The first kappa shape index (κ1) is 15.0. The van der Waals surface area contributed by atoms with Crippen LogP contribution in [0.5, 0.6) is 0 Å². The van der Waals surface area contributed by atoms with Gasteiger partial charge in [0.15, 0.2) is 0 Å². The fourth-order valence-electron chi connectivity index (χ4n) is 2.59. The van der Waals surface area contributed by atoms with E-state index in [9.17, 15) is 4.79 Å². The van der Waals surface area contributed by atoms with Crippen molar-refractivity contribution in [3.05, 3.63) is 82.4 Å². The number of aromatic nitrogens is 2. The zero-order valence-electron chi connectivity index (χ0n) is 13.0. The molecule has 0 aliphatic carbocycles. The van der Waals surface area contributed by atoms with E-state index in [1.165, 1.54) is 4.68 Å². The van der Waals surface area contributed by atoms with E-state index in [-0.39, 0.29) is 11.5 Å². The Balaban J connectivity index is 1.86. The van der Waals surface area contributed by atoms with Crippen molar-refractivity contribution < 1.29 is 0 Å². The van der Waals surface area contributed by atoms with Crippen LogP contribution < -0.4 is 11.4 Å². The van der Waals surface area contributed by atoms with Crippen molar-refractivity contribution in [3.63, 3.8) is 0 Å². The van der Waals surface area contributed by atoms with Crippen LogP contribution in [0, 0.1) is 0 Å². The number of nitrogen functional groups attached to an aromatic ring is 1. The second kappa shape index (κ2) is 6.48. The molecule has 1 unspecified atom stereocenters. The van der Waals surface area contributed by atoms with Crippen LogP contribution in [0.25, 0.3) is 17.0 Å². The van der Waals surface area contributed by atoms with Gasteiger partial charge in [-0.2, -0.15) is 0 Å². The lowest BCUT2D eigenvalue weighted by Gasteiger charge is -2.13. The Morgan fingerprint density at radius 2 is 1.83 bits per heavy atom. The fourth-order valence-corrected chi connectivity index (χ4v) is 2.59. The molecule has 1 aromatic heterocycles. The SMILES string of the molecule is CC(CC=Cc1ccccc1)c1nc2ccccc2c(=O)n1N. The minimum absolute atomic E-state index is 0.0530. The van der Waals surface area contributed by atoms with Crippen LogP contribution in [0.2, 0.25) is 0 Å². The molecule has 0 radical (unpaired) electrons. The number of benzene rings is 2. The molecule has 4 heteroatoms. The maximum Gasteiger partial charge on any atom is 0.279 e. The van der Waals surface area contributed by atoms with E-state index >= 15 is 0 Å². The second-order valence-corrected chi connectivity index (χ2v) is 5.61. The van der Waals surface area contributed by atoms with Gasteiger partial charge in [-0.25, -0.2) is 9.66 Å². The van der Waals surface area contributed by atoms with Crippen LogP contribution in [0.4, 0.5) is 0 Å². The number of nitrogens with two attached hydrogens (primary N) is 1. The van der Waals surface area contributed by atoms with Crippen molar-refractivity contribution in [1.29, 1.82) is 0 Å². The van der Waals surface area contributed by atoms with Crippen LogP contribution in [-0.4, -0.2) is 9.66 Å². The summed E-state index contributed by atoms with van der Waals surface area (Å²) in [5, 5.41) is 0.547. The molecule has 0 aliphatic heterocycles. The average molecular weight is 305 g/mol. The maximum absolute atomic E-state index is 12.3. The van der Waals surface area contributed by atoms with Gasteiger partial charge in [0.2, 0.25) is 0 Å². The highest BCUT2D eigenvalue weighted by atomic mass is 16.1. The predicted molar refractivity (Wildman–Crippen MR) is 94.7 cm³/mol. The summed E-state index contributed by atoms with van der Waals surface area (Å²) in [7, 11) is 0. The molecule has 0 fully saturated rings. The molecule has 0 amide bonds. The van der Waals surface area contributed by atoms with Crippen LogP contribution >= 0.6 is 0 Å². The average Bonchev–Trinajstić information content (AvgIpc) is 2.59. The molecule has 116 valence electrons. The van der Waals surface area contributed by atoms with Crippen LogP contribution in [0.1, 0.15) is 30.7 Å². The first-order valence-electron chi connectivity index (χ1n) is 7.65. The number of hydrogen-bond acceptors (Lipinski definition) is 3. The van der Waals surface area contributed by atoms with E-state index in [4.69, 9.17) is 5.84 Å². The first-order chi connectivity index (χ1) is 11.2. The Morgan fingerprint density at radius 3 is 2.61 bits per heavy atom. The topological polar surface area (TPSA) is 60.9 Å². The summed E-state index contributed by atoms with van der Waals surface area (Å²) < 4.78 is 1.17. The molecule has 2 aromatic carbocycles. The van der Waals surface area contributed by atoms with Crippen molar-refractivity contribution in [2.75, 3.05) is 5.84 Å². The Morgan fingerprint density at radius 1 is 1.13 bits per heavy atom. The first-order valence-corrected chi connectivity index (χ1v) is 7.65. The molecular weight excluding hydrogens is 286 g/mol. The van der Waals surface area contributed by atoms with Gasteiger partial charge in [0.05, 0.1) is 10.9 Å². The quantitative estimate of drug-likeness (QED) is 0.752. The molecule has 2 N–H and O–H groups in total. The maximum atomic E-state index is 12.3. The van der Waals surface area contributed by atoms with E-state index in [0.717, 1.165) is 12.0 Å². The molecular formula is C19H19N3O. The smallest absolute Gasteiger partial charge is 0.279 e. The summed E-state index contributed by atoms with van der Waals surface area (Å²) in [6, 6.07) is 17.4. The number of para-hydroxylation sites is 1. The third-order valence-corrected chi connectivity index (χ3v) is 3.88. The highest BCUT2D eigenvalue weighted by Gasteiger charge is 2.13. The lowest BCUT2D eigenvalue weighted by molar-refractivity contribution is 0.663. The summed E-state index contributed by atoms with van der Waals surface area (Å²) >= 11 is 0. The summed E-state index contributed by atoms with van der Waals surface area (Å²) in [6.45, 7) is 2.02. The Kier molecular flexibility index (Phi) is 4.24. The Labute approximate surface area is 134 Å². The predicted octanol–water partition coefficient (Wildman–Crippen LogP) is 3.32. The molecule has 3 rings (SSSR count).